The van der Waals surface area contributed by atoms with Gasteiger partial charge in [-0.15, -0.1) is 5.10 Å². The molecule has 4 heterocycles. The first kappa shape index (κ1) is 49.5. The molecule has 0 spiro atoms. The normalized spacial score (nSPS) is 32.2. The van der Waals surface area contributed by atoms with Crippen molar-refractivity contribution >= 4 is 5.97 Å². The molecule has 2 saturated heterocycles. The molecule has 0 bridgehead atoms. The average molecular weight is 867 g/mol. The number of aliphatic hydroxyl groups is 3. The van der Waals surface area contributed by atoms with Crippen LogP contribution in [0.2, 0.25) is 0 Å². The SMILES string of the molecule is CC[C@H]1OC(=O)[C@H](C)C[C@H](C)[C@@H](O[C@H]2C[C@@H](N(C)CCc3cn(CCOCc4ccc(-c5ccc(OC)nc5)cc4)nn3)C[C@@H](C)O2)[C@](C)(O)CCCN(C)[C@H](C)[C@@H](O)[C@]1(C)O. The van der Waals surface area contributed by atoms with E-state index in [-0.39, 0.29) is 18.1 Å². The number of aliphatic hydroxyl groups excluding tert-OH is 1. The van der Waals surface area contributed by atoms with Crippen molar-refractivity contribution in [2.75, 3.05) is 40.9 Å². The van der Waals surface area contributed by atoms with Crippen LogP contribution in [0.4, 0.5) is 0 Å². The summed E-state index contributed by atoms with van der Waals surface area (Å²) in [5.74, 6) is -0.639. The quantitative estimate of drug-likeness (QED) is 0.141. The third-order valence-corrected chi connectivity index (χ3v) is 13.1. The summed E-state index contributed by atoms with van der Waals surface area (Å²) in [4.78, 5) is 22.1. The van der Waals surface area contributed by atoms with E-state index >= 15 is 0 Å². The van der Waals surface area contributed by atoms with Gasteiger partial charge in [0, 0.05) is 55.5 Å². The van der Waals surface area contributed by atoms with Crippen molar-refractivity contribution in [3.8, 4) is 17.0 Å². The number of hydrogen-bond acceptors (Lipinski definition) is 14. The fourth-order valence-electron chi connectivity index (χ4n) is 9.03. The van der Waals surface area contributed by atoms with Crippen molar-refractivity contribution in [3.05, 3.63) is 60.0 Å². The first-order valence-electron chi connectivity index (χ1n) is 22.5. The van der Waals surface area contributed by atoms with Crippen LogP contribution in [-0.2, 0) is 43.3 Å². The molecule has 2 fully saturated rings. The minimum atomic E-state index is -1.65. The average Bonchev–Trinajstić information content (AvgIpc) is 3.71. The number of benzene rings is 1. The van der Waals surface area contributed by atoms with Gasteiger partial charge < -0.3 is 48.8 Å². The Bertz CT molecular complexity index is 1810. The first-order chi connectivity index (χ1) is 29.4. The highest BCUT2D eigenvalue weighted by Gasteiger charge is 2.46. The molecular weight excluding hydrogens is 793 g/mol. The number of carbonyl (C=O) groups is 1. The second-order valence-corrected chi connectivity index (χ2v) is 18.4. The van der Waals surface area contributed by atoms with E-state index in [9.17, 15) is 20.1 Å². The minimum absolute atomic E-state index is 0.0671. The number of esters is 1. The number of methoxy groups -OCH3 is 1. The van der Waals surface area contributed by atoms with Gasteiger partial charge in [-0.25, -0.2) is 9.67 Å². The van der Waals surface area contributed by atoms with Gasteiger partial charge in [-0.3, -0.25) is 4.79 Å². The molecule has 15 nitrogen and oxygen atoms in total. The number of aromatic nitrogens is 4. The molecule has 0 unspecified atom stereocenters. The van der Waals surface area contributed by atoms with Gasteiger partial charge in [-0.1, -0.05) is 50.3 Å². The largest absolute Gasteiger partial charge is 0.481 e. The number of carbonyl (C=O) groups excluding carboxylic acids is 1. The molecule has 0 amide bonds. The third-order valence-electron chi connectivity index (χ3n) is 13.1. The summed E-state index contributed by atoms with van der Waals surface area (Å²) in [5.41, 5.74) is 1.21. The lowest BCUT2D eigenvalue weighted by Crippen LogP contribution is -2.58. The highest BCUT2D eigenvalue weighted by atomic mass is 16.7. The van der Waals surface area contributed by atoms with Gasteiger partial charge in [0.2, 0.25) is 5.88 Å². The van der Waals surface area contributed by atoms with Crippen LogP contribution < -0.4 is 4.74 Å². The zero-order chi connectivity index (χ0) is 45.2. The van der Waals surface area contributed by atoms with Crippen LogP contribution in [0.15, 0.2) is 48.8 Å². The van der Waals surface area contributed by atoms with Crippen LogP contribution in [0.1, 0.15) is 98.2 Å². The molecule has 1 aromatic carbocycles. The molecule has 0 aliphatic carbocycles. The van der Waals surface area contributed by atoms with E-state index in [4.69, 9.17) is 23.7 Å². The summed E-state index contributed by atoms with van der Waals surface area (Å²) in [6.45, 7) is 15.8. The number of nitrogens with zero attached hydrogens (tertiary/aromatic N) is 6. The van der Waals surface area contributed by atoms with E-state index in [1.54, 1.807) is 20.2 Å². The first-order valence-corrected chi connectivity index (χ1v) is 22.5. The lowest BCUT2D eigenvalue weighted by molar-refractivity contribution is -0.261. The molecule has 62 heavy (non-hydrogen) atoms. The summed E-state index contributed by atoms with van der Waals surface area (Å²) in [7, 11) is 5.61. The fourth-order valence-corrected chi connectivity index (χ4v) is 9.03. The van der Waals surface area contributed by atoms with Crippen molar-refractivity contribution in [1.29, 1.82) is 0 Å². The van der Waals surface area contributed by atoms with Gasteiger partial charge in [-0.2, -0.15) is 0 Å². The summed E-state index contributed by atoms with van der Waals surface area (Å²) in [6.07, 6.45) is 4.46. The van der Waals surface area contributed by atoms with Crippen molar-refractivity contribution in [3.63, 3.8) is 0 Å². The second-order valence-electron chi connectivity index (χ2n) is 18.4. The maximum absolute atomic E-state index is 13.5. The molecule has 2 aliphatic rings. The zero-order valence-electron chi connectivity index (χ0n) is 38.8. The van der Waals surface area contributed by atoms with Crippen molar-refractivity contribution in [2.45, 2.75) is 161 Å². The van der Waals surface area contributed by atoms with Crippen LogP contribution in [0.25, 0.3) is 11.1 Å². The van der Waals surface area contributed by atoms with Crippen LogP contribution in [-0.4, -0.2) is 146 Å². The van der Waals surface area contributed by atoms with Gasteiger partial charge in [-0.05, 0) is 104 Å². The Morgan fingerprint density at radius 1 is 1.02 bits per heavy atom. The van der Waals surface area contributed by atoms with Gasteiger partial charge in [0.25, 0.3) is 0 Å². The van der Waals surface area contributed by atoms with Crippen molar-refractivity contribution in [1.82, 2.24) is 29.8 Å². The second kappa shape index (κ2) is 22.4. The Morgan fingerprint density at radius 3 is 2.42 bits per heavy atom. The third kappa shape index (κ3) is 13.3. The van der Waals surface area contributed by atoms with Crippen molar-refractivity contribution < 1.29 is 43.8 Å². The molecule has 346 valence electrons. The maximum Gasteiger partial charge on any atom is 0.309 e. The standard InChI is InChI=1S/C47H74N6O9/c1-11-40-47(7,57)43(54)34(5)51(8)21-12-20-46(6,56)44(31(2)25-32(3)45(55)61-40)62-42-27-39(26-33(4)60-42)52(9)22-19-38-29-53(50-49-38)23-24-59-30-35-13-15-36(16-14-35)37-17-18-41(58-10)48-28-37/h13-18,28-29,31-34,39-40,42-44,54,56-57H,11-12,19-27,30H2,1-10H3/t31-,32+,33+,34+,39-,40+,42-,43+,44+,46+,47+/m0/s1. The Balaban J connectivity index is 1.13. The molecule has 11 atom stereocenters. The highest BCUT2D eigenvalue weighted by molar-refractivity contribution is 5.72. The van der Waals surface area contributed by atoms with E-state index in [2.05, 4.69) is 58.4 Å². The molecule has 2 aromatic heterocycles. The number of hydrogen-bond donors (Lipinski definition) is 3. The molecular formula is C47H74N6O9. The van der Waals surface area contributed by atoms with Crippen LogP contribution >= 0.6 is 0 Å². The van der Waals surface area contributed by atoms with Crippen LogP contribution in [0, 0.1) is 11.8 Å². The fraction of sp³-hybridized carbons (Fsp3) is 0.702. The molecule has 3 N–H and O–H groups in total. The highest BCUT2D eigenvalue weighted by Crippen LogP contribution is 2.35. The monoisotopic (exact) mass is 867 g/mol. The zero-order valence-corrected chi connectivity index (χ0v) is 38.8. The Hall–Kier alpha value is -3.54. The minimum Gasteiger partial charge on any atom is -0.481 e. The predicted molar refractivity (Wildman–Crippen MR) is 236 cm³/mol. The molecule has 0 radical (unpaired) electrons. The molecule has 0 saturated carbocycles. The maximum atomic E-state index is 13.5. The summed E-state index contributed by atoms with van der Waals surface area (Å²) < 4.78 is 32.0. The van der Waals surface area contributed by atoms with Crippen LogP contribution in [0.3, 0.4) is 0 Å². The number of rotatable bonds is 14. The topological polar surface area (TPSA) is 174 Å². The van der Waals surface area contributed by atoms with E-state index in [0.29, 0.717) is 64.3 Å². The summed E-state index contributed by atoms with van der Waals surface area (Å²) in [5, 5.41) is 43.6. The Kier molecular flexibility index (Phi) is 17.9. The number of likely N-dealkylation sites (N-methyl/N-ethyl adjacent to an activating group) is 2. The summed E-state index contributed by atoms with van der Waals surface area (Å²) >= 11 is 0. The van der Waals surface area contributed by atoms with Crippen LogP contribution in [0.5, 0.6) is 5.88 Å². The van der Waals surface area contributed by atoms with Gasteiger partial charge in [0.1, 0.15) is 17.8 Å². The number of pyridine rings is 1. The summed E-state index contributed by atoms with van der Waals surface area (Å²) in [6, 6.07) is 11.8. The van der Waals surface area contributed by atoms with Gasteiger partial charge in [0.15, 0.2) is 6.29 Å². The lowest BCUT2D eigenvalue weighted by atomic mass is 9.81. The molecule has 2 aliphatic heterocycles. The van der Waals surface area contributed by atoms with E-state index in [1.807, 2.05) is 62.7 Å². The van der Waals surface area contributed by atoms with E-state index in [1.165, 1.54) is 6.92 Å². The lowest BCUT2D eigenvalue weighted by Gasteiger charge is -2.44. The number of cyclic esters (lactones) is 1. The van der Waals surface area contributed by atoms with E-state index in [0.717, 1.165) is 41.8 Å². The van der Waals surface area contributed by atoms with Gasteiger partial charge in [0.05, 0.1) is 56.3 Å². The number of ether oxygens (including phenoxy) is 5. The molecule has 5 rings (SSSR count). The Morgan fingerprint density at radius 2 is 1.74 bits per heavy atom. The van der Waals surface area contributed by atoms with E-state index < -0.39 is 53.7 Å². The smallest absolute Gasteiger partial charge is 0.309 e. The predicted octanol–water partition coefficient (Wildman–Crippen LogP) is 5.28. The molecule has 3 aromatic rings. The molecule has 15 heteroatoms. The van der Waals surface area contributed by atoms with Gasteiger partial charge >= 0.3 is 5.97 Å². The Labute approximate surface area is 369 Å². The van der Waals surface area contributed by atoms with Crippen molar-refractivity contribution in [2.24, 2.45) is 11.8 Å².